The summed E-state index contributed by atoms with van der Waals surface area (Å²) < 4.78 is 0. The molecule has 0 heterocycles. The zero-order valence-corrected chi connectivity index (χ0v) is 11.8. The molecule has 100 valence electrons. The van der Waals surface area contributed by atoms with E-state index < -0.39 is 0 Å². The lowest BCUT2D eigenvalue weighted by Crippen LogP contribution is -2.02. The summed E-state index contributed by atoms with van der Waals surface area (Å²) in [6.07, 6.45) is 6.67. The van der Waals surface area contributed by atoms with Crippen molar-refractivity contribution < 1.29 is 0 Å². The summed E-state index contributed by atoms with van der Waals surface area (Å²) in [6.45, 7) is 0. The van der Waals surface area contributed by atoms with Crippen LogP contribution in [0.2, 0.25) is 0 Å². The number of hydrogen-bond donors (Lipinski definition) is 0. The molecule has 2 aromatic rings. The quantitative estimate of drug-likeness (QED) is 0.611. The lowest BCUT2D eigenvalue weighted by Gasteiger charge is -2.15. The molecule has 0 atom stereocenters. The summed E-state index contributed by atoms with van der Waals surface area (Å²) >= 11 is 0. The third kappa shape index (κ3) is 3.31. The third-order valence-corrected chi connectivity index (χ3v) is 4.02. The van der Waals surface area contributed by atoms with E-state index in [0.717, 1.165) is 5.56 Å². The summed E-state index contributed by atoms with van der Waals surface area (Å²) in [5, 5.41) is 0. The van der Waals surface area contributed by atoms with Crippen LogP contribution in [0, 0.1) is 17.8 Å². The topological polar surface area (TPSA) is 0 Å². The van der Waals surface area contributed by atoms with Crippen LogP contribution in [0.15, 0.2) is 54.6 Å². The first kappa shape index (κ1) is 13.0. The van der Waals surface area contributed by atoms with Crippen LogP contribution >= 0.6 is 0 Å². The van der Waals surface area contributed by atoms with Gasteiger partial charge in [-0.1, -0.05) is 73.6 Å². The number of hydrogen-bond acceptors (Lipinski definition) is 0. The zero-order chi connectivity index (χ0) is 13.6. The SMILES string of the molecule is C(#CC1CCCCC1)c1ccc(-c2ccccc2)cc1. The van der Waals surface area contributed by atoms with Gasteiger partial charge in [-0.3, -0.25) is 0 Å². The molecular formula is C20H20. The van der Waals surface area contributed by atoms with Crippen LogP contribution in [0.4, 0.5) is 0 Å². The minimum Gasteiger partial charge on any atom is -0.0945 e. The minimum absolute atomic E-state index is 0.623. The van der Waals surface area contributed by atoms with Crippen molar-refractivity contribution in [3.63, 3.8) is 0 Å². The Morgan fingerprint density at radius 3 is 2.05 bits per heavy atom. The summed E-state index contributed by atoms with van der Waals surface area (Å²) in [5.41, 5.74) is 3.66. The molecule has 3 rings (SSSR count). The Balaban J connectivity index is 1.72. The van der Waals surface area contributed by atoms with Crippen molar-refractivity contribution in [1.29, 1.82) is 0 Å². The first-order chi connectivity index (χ1) is 9.92. The van der Waals surface area contributed by atoms with Crippen LogP contribution in [-0.2, 0) is 0 Å². The number of rotatable bonds is 1. The fourth-order valence-electron chi connectivity index (χ4n) is 2.81. The van der Waals surface area contributed by atoms with Crippen LogP contribution in [0.5, 0.6) is 0 Å². The largest absolute Gasteiger partial charge is 0.0945 e. The van der Waals surface area contributed by atoms with Crippen molar-refractivity contribution >= 4 is 0 Å². The molecule has 0 saturated heterocycles. The van der Waals surface area contributed by atoms with E-state index in [2.05, 4.69) is 60.4 Å². The second-order valence-corrected chi connectivity index (χ2v) is 5.55. The van der Waals surface area contributed by atoms with E-state index in [1.165, 1.54) is 43.2 Å². The fourth-order valence-corrected chi connectivity index (χ4v) is 2.81. The first-order valence-electron chi connectivity index (χ1n) is 7.59. The first-order valence-corrected chi connectivity index (χ1v) is 7.59. The molecule has 1 aliphatic rings. The molecule has 0 aromatic heterocycles. The molecule has 0 unspecified atom stereocenters. The Hall–Kier alpha value is -2.00. The van der Waals surface area contributed by atoms with Gasteiger partial charge in [0.2, 0.25) is 0 Å². The van der Waals surface area contributed by atoms with Gasteiger partial charge in [0.15, 0.2) is 0 Å². The molecule has 0 heteroatoms. The maximum atomic E-state index is 3.45. The maximum Gasteiger partial charge on any atom is 0.0245 e. The minimum atomic E-state index is 0.623. The molecular weight excluding hydrogens is 240 g/mol. The highest BCUT2D eigenvalue weighted by Gasteiger charge is 2.09. The highest BCUT2D eigenvalue weighted by molar-refractivity contribution is 5.64. The Kier molecular flexibility index (Phi) is 4.19. The maximum absolute atomic E-state index is 3.45. The van der Waals surface area contributed by atoms with Gasteiger partial charge >= 0.3 is 0 Å². The van der Waals surface area contributed by atoms with E-state index in [0.29, 0.717) is 5.92 Å². The van der Waals surface area contributed by atoms with Gasteiger partial charge < -0.3 is 0 Å². The van der Waals surface area contributed by atoms with Gasteiger partial charge in [0.1, 0.15) is 0 Å². The van der Waals surface area contributed by atoms with E-state index in [1.807, 2.05) is 6.07 Å². The smallest absolute Gasteiger partial charge is 0.0245 e. The lowest BCUT2D eigenvalue weighted by atomic mass is 9.89. The molecule has 0 bridgehead atoms. The van der Waals surface area contributed by atoms with Gasteiger partial charge in [-0.05, 0) is 36.1 Å². The summed E-state index contributed by atoms with van der Waals surface area (Å²) in [6, 6.07) is 19.1. The predicted octanol–water partition coefficient (Wildman–Crippen LogP) is 5.29. The Morgan fingerprint density at radius 1 is 0.700 bits per heavy atom. The van der Waals surface area contributed by atoms with Gasteiger partial charge in [-0.25, -0.2) is 0 Å². The molecule has 0 nitrogen and oxygen atoms in total. The van der Waals surface area contributed by atoms with E-state index in [1.54, 1.807) is 0 Å². The molecule has 0 radical (unpaired) electrons. The van der Waals surface area contributed by atoms with E-state index >= 15 is 0 Å². The normalized spacial score (nSPS) is 15.4. The van der Waals surface area contributed by atoms with E-state index in [9.17, 15) is 0 Å². The summed E-state index contributed by atoms with van der Waals surface area (Å²) in [7, 11) is 0. The average molecular weight is 260 g/mol. The second-order valence-electron chi connectivity index (χ2n) is 5.55. The van der Waals surface area contributed by atoms with Crippen molar-refractivity contribution in [1.82, 2.24) is 0 Å². The van der Waals surface area contributed by atoms with Gasteiger partial charge in [0.25, 0.3) is 0 Å². The molecule has 20 heavy (non-hydrogen) atoms. The molecule has 1 aliphatic carbocycles. The van der Waals surface area contributed by atoms with Gasteiger partial charge in [-0.15, -0.1) is 0 Å². The Bertz CT molecular complexity index is 590. The van der Waals surface area contributed by atoms with Crippen molar-refractivity contribution in [2.24, 2.45) is 5.92 Å². The van der Waals surface area contributed by atoms with Gasteiger partial charge in [-0.2, -0.15) is 0 Å². The average Bonchev–Trinajstić information content (AvgIpc) is 2.55. The van der Waals surface area contributed by atoms with E-state index in [-0.39, 0.29) is 0 Å². The third-order valence-electron chi connectivity index (χ3n) is 4.02. The molecule has 0 aliphatic heterocycles. The van der Waals surface area contributed by atoms with Crippen molar-refractivity contribution in [2.45, 2.75) is 32.1 Å². The molecule has 0 spiro atoms. The van der Waals surface area contributed by atoms with Crippen molar-refractivity contribution in [3.05, 3.63) is 60.2 Å². The van der Waals surface area contributed by atoms with Crippen LogP contribution in [0.3, 0.4) is 0 Å². The van der Waals surface area contributed by atoms with Crippen LogP contribution in [0.25, 0.3) is 11.1 Å². The standard InChI is InChI=1S/C20H20/c1-3-7-17(8-4-1)11-12-18-13-15-20(16-14-18)19-9-5-2-6-10-19/h2,5-6,9-10,13-17H,1,3-4,7-8H2. The highest BCUT2D eigenvalue weighted by atomic mass is 14.1. The molecule has 1 saturated carbocycles. The predicted molar refractivity (Wildman–Crippen MR) is 85.3 cm³/mol. The van der Waals surface area contributed by atoms with Gasteiger partial charge in [0.05, 0.1) is 0 Å². The molecule has 2 aromatic carbocycles. The van der Waals surface area contributed by atoms with E-state index in [4.69, 9.17) is 0 Å². The van der Waals surface area contributed by atoms with Crippen molar-refractivity contribution in [2.75, 3.05) is 0 Å². The molecule has 0 amide bonds. The Labute approximate surface area is 121 Å². The van der Waals surface area contributed by atoms with Crippen LogP contribution < -0.4 is 0 Å². The summed E-state index contributed by atoms with van der Waals surface area (Å²) in [4.78, 5) is 0. The van der Waals surface area contributed by atoms with Crippen molar-refractivity contribution in [3.8, 4) is 23.0 Å². The van der Waals surface area contributed by atoms with Gasteiger partial charge in [0, 0.05) is 11.5 Å². The summed E-state index contributed by atoms with van der Waals surface area (Å²) in [5.74, 6) is 7.41. The molecule has 1 fully saturated rings. The second kappa shape index (κ2) is 6.44. The monoisotopic (exact) mass is 260 g/mol. The zero-order valence-electron chi connectivity index (χ0n) is 11.8. The number of benzene rings is 2. The highest BCUT2D eigenvalue weighted by Crippen LogP contribution is 2.23. The van der Waals surface area contributed by atoms with Crippen LogP contribution in [0.1, 0.15) is 37.7 Å². The molecule has 0 N–H and O–H groups in total. The lowest BCUT2D eigenvalue weighted by molar-refractivity contribution is 0.430. The van der Waals surface area contributed by atoms with Crippen LogP contribution in [-0.4, -0.2) is 0 Å². The fraction of sp³-hybridized carbons (Fsp3) is 0.300. The Morgan fingerprint density at radius 2 is 1.35 bits per heavy atom.